The van der Waals surface area contributed by atoms with Crippen molar-refractivity contribution in [1.29, 1.82) is 0 Å². The van der Waals surface area contributed by atoms with E-state index in [0.717, 1.165) is 5.56 Å². The Morgan fingerprint density at radius 2 is 1.96 bits per heavy atom. The van der Waals surface area contributed by atoms with Crippen LogP contribution < -0.4 is 5.73 Å². The maximum absolute atomic E-state index is 12.1. The number of aromatic nitrogens is 2. The number of nitrogens with zero attached hydrogens (tertiary/aromatic N) is 3. The molecule has 1 saturated heterocycles. The van der Waals surface area contributed by atoms with Crippen LogP contribution in [-0.4, -0.2) is 39.5 Å². The Kier molecular flexibility index (Phi) is 4.22. The smallest absolute Gasteiger partial charge is 0.410 e. The van der Waals surface area contributed by atoms with Gasteiger partial charge in [-0.2, -0.15) is 5.10 Å². The number of ether oxygens (including phenoxy) is 1. The number of anilines is 1. The Hall–Kier alpha value is -2.50. The fourth-order valence-corrected chi connectivity index (χ4v) is 2.98. The molecule has 1 fully saturated rings. The molecule has 1 aliphatic rings. The molecule has 1 atom stereocenters. The molecule has 1 aromatic carbocycles. The van der Waals surface area contributed by atoms with Gasteiger partial charge in [0.05, 0.1) is 17.9 Å². The second-order valence-corrected chi connectivity index (χ2v) is 7.25. The molecule has 1 aliphatic heterocycles. The molecule has 2 heterocycles. The molecule has 128 valence electrons. The van der Waals surface area contributed by atoms with Crippen molar-refractivity contribution in [2.24, 2.45) is 5.92 Å². The van der Waals surface area contributed by atoms with Crippen LogP contribution >= 0.6 is 0 Å². The van der Waals surface area contributed by atoms with Gasteiger partial charge in [0.2, 0.25) is 0 Å². The molecule has 2 aromatic rings. The predicted molar refractivity (Wildman–Crippen MR) is 92.5 cm³/mol. The van der Waals surface area contributed by atoms with E-state index in [0.29, 0.717) is 18.8 Å². The van der Waals surface area contributed by atoms with E-state index in [1.807, 2.05) is 49.8 Å². The molecule has 1 unspecified atom stereocenters. The summed E-state index contributed by atoms with van der Waals surface area (Å²) in [6.07, 6.45) is 3.24. The highest BCUT2D eigenvalue weighted by molar-refractivity contribution is 5.69. The van der Waals surface area contributed by atoms with Crippen molar-refractivity contribution >= 4 is 11.8 Å². The maximum atomic E-state index is 12.1. The topological polar surface area (TPSA) is 73.4 Å². The molecule has 0 spiro atoms. The van der Waals surface area contributed by atoms with E-state index in [2.05, 4.69) is 17.2 Å². The van der Waals surface area contributed by atoms with Gasteiger partial charge in [-0.1, -0.05) is 30.3 Å². The normalized spacial score (nSPS) is 16.5. The molecule has 0 saturated carbocycles. The zero-order valence-corrected chi connectivity index (χ0v) is 14.3. The van der Waals surface area contributed by atoms with Gasteiger partial charge in [-0.05, 0) is 26.3 Å². The number of rotatable bonds is 3. The van der Waals surface area contributed by atoms with E-state index in [9.17, 15) is 4.79 Å². The van der Waals surface area contributed by atoms with Crippen LogP contribution in [0.2, 0.25) is 0 Å². The SMILES string of the molecule is CC(C)(C)OC(=O)N1CC(C(c2ccccc2)n2cc(N)cn2)C1. The summed E-state index contributed by atoms with van der Waals surface area (Å²) >= 11 is 0. The summed E-state index contributed by atoms with van der Waals surface area (Å²) in [4.78, 5) is 13.9. The number of amides is 1. The molecule has 3 rings (SSSR count). The molecular weight excluding hydrogens is 304 g/mol. The monoisotopic (exact) mass is 328 g/mol. The van der Waals surface area contributed by atoms with Crippen LogP contribution in [0.25, 0.3) is 0 Å². The summed E-state index contributed by atoms with van der Waals surface area (Å²) in [6.45, 7) is 6.92. The van der Waals surface area contributed by atoms with Gasteiger partial charge in [-0.25, -0.2) is 4.79 Å². The lowest BCUT2D eigenvalue weighted by Gasteiger charge is -2.43. The standard InChI is InChI=1S/C18H24N4O2/c1-18(2,3)24-17(23)21-10-14(11-21)16(13-7-5-4-6-8-13)22-12-15(19)9-20-22/h4-9,12,14,16H,10-11,19H2,1-3H3. The summed E-state index contributed by atoms with van der Waals surface area (Å²) < 4.78 is 7.32. The van der Waals surface area contributed by atoms with Crippen molar-refractivity contribution in [3.63, 3.8) is 0 Å². The first-order valence-electron chi connectivity index (χ1n) is 8.16. The van der Waals surface area contributed by atoms with E-state index < -0.39 is 5.60 Å². The number of carbonyl (C=O) groups is 1. The second kappa shape index (κ2) is 6.19. The summed E-state index contributed by atoms with van der Waals surface area (Å²) in [7, 11) is 0. The van der Waals surface area contributed by atoms with E-state index in [1.54, 1.807) is 11.1 Å². The minimum Gasteiger partial charge on any atom is -0.444 e. The molecule has 6 heteroatoms. The van der Waals surface area contributed by atoms with Crippen LogP contribution in [0, 0.1) is 5.92 Å². The second-order valence-electron chi connectivity index (χ2n) is 7.25. The quantitative estimate of drug-likeness (QED) is 0.940. The minimum atomic E-state index is -0.475. The first-order chi connectivity index (χ1) is 11.3. The number of benzene rings is 1. The summed E-state index contributed by atoms with van der Waals surface area (Å²) in [6, 6.07) is 10.2. The Morgan fingerprint density at radius 1 is 1.29 bits per heavy atom. The van der Waals surface area contributed by atoms with Crippen molar-refractivity contribution in [3.05, 3.63) is 48.3 Å². The number of hydrogen-bond donors (Lipinski definition) is 1. The maximum Gasteiger partial charge on any atom is 0.410 e. The lowest BCUT2D eigenvalue weighted by Crippen LogP contribution is -2.54. The molecule has 0 radical (unpaired) electrons. The van der Waals surface area contributed by atoms with Gasteiger partial charge >= 0.3 is 6.09 Å². The highest BCUT2D eigenvalue weighted by atomic mass is 16.6. The van der Waals surface area contributed by atoms with Crippen molar-refractivity contribution in [1.82, 2.24) is 14.7 Å². The molecule has 1 aromatic heterocycles. The van der Waals surface area contributed by atoms with Gasteiger partial charge in [0.15, 0.2) is 0 Å². The summed E-state index contributed by atoms with van der Waals surface area (Å²) in [5, 5.41) is 4.38. The van der Waals surface area contributed by atoms with Crippen LogP contribution in [0.4, 0.5) is 10.5 Å². The predicted octanol–water partition coefficient (Wildman–Crippen LogP) is 2.92. The molecule has 1 amide bonds. The average molecular weight is 328 g/mol. The number of carbonyl (C=O) groups excluding carboxylic acids is 1. The zero-order chi connectivity index (χ0) is 17.3. The van der Waals surface area contributed by atoms with Crippen molar-refractivity contribution in [3.8, 4) is 0 Å². The van der Waals surface area contributed by atoms with E-state index in [4.69, 9.17) is 10.5 Å². The van der Waals surface area contributed by atoms with E-state index in [-0.39, 0.29) is 18.1 Å². The third-order valence-electron chi connectivity index (χ3n) is 4.06. The number of nitrogen functional groups attached to an aromatic ring is 1. The van der Waals surface area contributed by atoms with Crippen molar-refractivity contribution < 1.29 is 9.53 Å². The van der Waals surface area contributed by atoms with Crippen molar-refractivity contribution in [2.75, 3.05) is 18.8 Å². The van der Waals surface area contributed by atoms with Gasteiger partial charge in [-0.3, -0.25) is 4.68 Å². The zero-order valence-electron chi connectivity index (χ0n) is 14.3. The van der Waals surface area contributed by atoms with Gasteiger partial charge in [0, 0.05) is 25.2 Å². The van der Waals surface area contributed by atoms with Crippen LogP contribution in [0.5, 0.6) is 0 Å². The van der Waals surface area contributed by atoms with E-state index >= 15 is 0 Å². The number of nitrogens with two attached hydrogens (primary N) is 1. The van der Waals surface area contributed by atoms with Gasteiger partial charge < -0.3 is 15.4 Å². The fraction of sp³-hybridized carbons (Fsp3) is 0.444. The molecule has 2 N–H and O–H groups in total. The minimum absolute atomic E-state index is 0.0576. The molecule has 0 aliphatic carbocycles. The van der Waals surface area contributed by atoms with Crippen LogP contribution in [0.3, 0.4) is 0 Å². The third kappa shape index (κ3) is 3.53. The first-order valence-corrected chi connectivity index (χ1v) is 8.16. The molecule has 24 heavy (non-hydrogen) atoms. The Labute approximate surface area is 142 Å². The van der Waals surface area contributed by atoms with Crippen LogP contribution in [0.15, 0.2) is 42.7 Å². The van der Waals surface area contributed by atoms with Crippen LogP contribution in [0.1, 0.15) is 32.4 Å². The molecule has 6 nitrogen and oxygen atoms in total. The molecule has 0 bridgehead atoms. The summed E-state index contributed by atoms with van der Waals surface area (Å²) in [5.74, 6) is 0.277. The fourth-order valence-electron chi connectivity index (χ4n) is 2.98. The Balaban J connectivity index is 1.74. The number of hydrogen-bond acceptors (Lipinski definition) is 4. The van der Waals surface area contributed by atoms with Gasteiger partial charge in [0.1, 0.15) is 5.60 Å². The van der Waals surface area contributed by atoms with E-state index in [1.165, 1.54) is 0 Å². The summed E-state index contributed by atoms with van der Waals surface area (Å²) in [5.41, 5.74) is 7.16. The number of likely N-dealkylation sites (tertiary alicyclic amines) is 1. The largest absolute Gasteiger partial charge is 0.444 e. The Morgan fingerprint density at radius 3 is 2.50 bits per heavy atom. The average Bonchev–Trinajstić information content (AvgIpc) is 2.87. The lowest BCUT2D eigenvalue weighted by molar-refractivity contribution is -0.00749. The highest BCUT2D eigenvalue weighted by Crippen LogP contribution is 2.34. The Bertz CT molecular complexity index is 699. The highest BCUT2D eigenvalue weighted by Gasteiger charge is 2.39. The van der Waals surface area contributed by atoms with Gasteiger partial charge in [0.25, 0.3) is 0 Å². The lowest BCUT2D eigenvalue weighted by atomic mass is 9.87. The third-order valence-corrected chi connectivity index (χ3v) is 4.06. The van der Waals surface area contributed by atoms with Crippen LogP contribution in [-0.2, 0) is 4.74 Å². The first kappa shape index (κ1) is 16.4. The van der Waals surface area contributed by atoms with Crippen molar-refractivity contribution in [2.45, 2.75) is 32.4 Å². The molecular formula is C18H24N4O2. The van der Waals surface area contributed by atoms with Gasteiger partial charge in [-0.15, -0.1) is 0 Å².